The van der Waals surface area contributed by atoms with Crippen molar-refractivity contribution in [3.8, 4) is 21.8 Å². The number of hydrogen-bond donors (Lipinski definition) is 1. The lowest BCUT2D eigenvalue weighted by atomic mass is 9.98. The molecule has 1 N–H and O–H groups in total. The number of hydrogen-bond acceptors (Lipinski definition) is 7. The summed E-state index contributed by atoms with van der Waals surface area (Å²) >= 11 is 1.48. The summed E-state index contributed by atoms with van der Waals surface area (Å²) < 4.78 is 21.2. The van der Waals surface area contributed by atoms with E-state index in [1.54, 1.807) is 51.2 Å². The standard InChI is InChI=1S/C29H31FN4O2S/c1-28(2,3)26-34-24(20-14-10-11-18(23(20)30)17-22(35)36-29(4,5)6)25(37-26)21-15-16-31-27(33-21)32-19-12-8-7-9-13-19/h7-16H,17H2,1-6H3,(H,31,32,33). The van der Waals surface area contributed by atoms with E-state index in [1.807, 2.05) is 30.3 Å². The molecule has 192 valence electrons. The van der Waals surface area contributed by atoms with Crippen LogP contribution in [-0.2, 0) is 21.4 Å². The Balaban J connectivity index is 1.76. The Morgan fingerprint density at radius 1 is 0.973 bits per heavy atom. The first-order chi connectivity index (χ1) is 17.4. The van der Waals surface area contributed by atoms with Crippen LogP contribution in [0.5, 0.6) is 0 Å². The summed E-state index contributed by atoms with van der Waals surface area (Å²) in [6.07, 6.45) is 1.50. The molecule has 0 aliphatic rings. The summed E-state index contributed by atoms with van der Waals surface area (Å²) in [5, 5.41) is 4.06. The van der Waals surface area contributed by atoms with Gasteiger partial charge in [0.05, 0.1) is 27.7 Å². The predicted molar refractivity (Wildman–Crippen MR) is 147 cm³/mol. The lowest BCUT2D eigenvalue weighted by Gasteiger charge is -2.19. The normalized spacial score (nSPS) is 11.9. The van der Waals surface area contributed by atoms with E-state index >= 15 is 4.39 Å². The van der Waals surface area contributed by atoms with Gasteiger partial charge in [-0.2, -0.15) is 0 Å². The van der Waals surface area contributed by atoms with Crippen molar-refractivity contribution in [2.75, 3.05) is 5.32 Å². The van der Waals surface area contributed by atoms with Crippen molar-refractivity contribution >= 4 is 28.9 Å². The molecule has 6 nitrogen and oxygen atoms in total. The van der Waals surface area contributed by atoms with Crippen LogP contribution in [0.25, 0.3) is 21.8 Å². The zero-order valence-electron chi connectivity index (χ0n) is 21.9. The zero-order valence-corrected chi connectivity index (χ0v) is 22.7. The number of aromatic nitrogens is 3. The number of nitrogens with zero attached hydrogens (tertiary/aromatic N) is 3. The third-order valence-electron chi connectivity index (χ3n) is 5.28. The fourth-order valence-corrected chi connectivity index (χ4v) is 4.73. The molecule has 8 heteroatoms. The highest BCUT2D eigenvalue weighted by Gasteiger charge is 2.26. The molecule has 2 aromatic carbocycles. The van der Waals surface area contributed by atoms with Crippen molar-refractivity contribution < 1.29 is 13.9 Å². The van der Waals surface area contributed by atoms with E-state index < -0.39 is 17.4 Å². The molecule has 4 aromatic rings. The summed E-state index contributed by atoms with van der Waals surface area (Å²) in [6.45, 7) is 11.6. The minimum atomic E-state index is -0.645. The van der Waals surface area contributed by atoms with Gasteiger partial charge in [-0.25, -0.2) is 19.3 Å². The lowest BCUT2D eigenvalue weighted by Crippen LogP contribution is -2.25. The van der Waals surface area contributed by atoms with Crippen LogP contribution in [0, 0.1) is 5.82 Å². The molecule has 0 fully saturated rings. The van der Waals surface area contributed by atoms with Gasteiger partial charge in [-0.05, 0) is 50.6 Å². The summed E-state index contributed by atoms with van der Waals surface area (Å²) in [5.74, 6) is -0.540. The maximum Gasteiger partial charge on any atom is 0.310 e. The first-order valence-electron chi connectivity index (χ1n) is 12.1. The molecule has 0 spiro atoms. The van der Waals surface area contributed by atoms with Gasteiger partial charge in [0.15, 0.2) is 0 Å². The predicted octanol–water partition coefficient (Wildman–Crippen LogP) is 7.33. The van der Waals surface area contributed by atoms with Gasteiger partial charge >= 0.3 is 5.97 Å². The van der Waals surface area contributed by atoms with Gasteiger partial charge in [-0.3, -0.25) is 4.79 Å². The summed E-state index contributed by atoms with van der Waals surface area (Å²) in [6, 6.07) is 16.5. The number of halogens is 1. The van der Waals surface area contributed by atoms with E-state index in [0.717, 1.165) is 15.6 Å². The van der Waals surface area contributed by atoms with Gasteiger partial charge in [0.25, 0.3) is 0 Å². The number of para-hydroxylation sites is 1. The topological polar surface area (TPSA) is 77.0 Å². The second-order valence-corrected chi connectivity index (χ2v) is 11.7. The van der Waals surface area contributed by atoms with Crippen molar-refractivity contribution in [2.45, 2.75) is 59.0 Å². The molecular weight excluding hydrogens is 487 g/mol. The highest BCUT2D eigenvalue weighted by Crippen LogP contribution is 2.41. The molecule has 0 atom stereocenters. The zero-order chi connectivity index (χ0) is 26.8. The van der Waals surface area contributed by atoms with E-state index in [4.69, 9.17) is 14.7 Å². The van der Waals surface area contributed by atoms with Crippen molar-refractivity contribution in [1.82, 2.24) is 15.0 Å². The first kappa shape index (κ1) is 26.4. The number of carbonyl (C=O) groups is 1. The van der Waals surface area contributed by atoms with E-state index in [9.17, 15) is 4.79 Å². The second-order valence-electron chi connectivity index (χ2n) is 10.7. The minimum absolute atomic E-state index is 0.165. The molecule has 0 bridgehead atoms. The molecule has 0 radical (unpaired) electrons. The van der Waals surface area contributed by atoms with E-state index in [0.29, 0.717) is 22.9 Å². The van der Waals surface area contributed by atoms with Crippen molar-refractivity contribution in [2.24, 2.45) is 0 Å². The van der Waals surface area contributed by atoms with Crippen LogP contribution >= 0.6 is 11.3 Å². The van der Waals surface area contributed by atoms with Gasteiger partial charge in [-0.15, -0.1) is 11.3 Å². The fourth-order valence-electron chi connectivity index (χ4n) is 3.63. The maximum atomic E-state index is 15.8. The Morgan fingerprint density at radius 2 is 1.70 bits per heavy atom. The number of esters is 1. The van der Waals surface area contributed by atoms with E-state index in [-0.39, 0.29) is 17.4 Å². The molecule has 0 aliphatic carbocycles. The lowest BCUT2D eigenvalue weighted by molar-refractivity contribution is -0.153. The number of carbonyl (C=O) groups excluding carboxylic acids is 1. The Kier molecular flexibility index (Phi) is 7.41. The molecule has 0 aliphatic heterocycles. The maximum absolute atomic E-state index is 15.8. The van der Waals surface area contributed by atoms with Crippen LogP contribution in [0.2, 0.25) is 0 Å². The molecule has 0 unspecified atom stereocenters. The molecule has 4 rings (SSSR count). The SMILES string of the molecule is CC(C)(C)OC(=O)Cc1cccc(-c2nc(C(C)(C)C)sc2-c2ccnc(Nc3ccccc3)n2)c1F. The third kappa shape index (κ3) is 6.57. The number of rotatable bonds is 6. The van der Waals surface area contributed by atoms with Crippen LogP contribution < -0.4 is 5.32 Å². The third-order valence-corrected chi connectivity index (χ3v) is 6.78. The summed E-state index contributed by atoms with van der Waals surface area (Å²) in [5.41, 5.74) is 1.67. The first-order valence-corrected chi connectivity index (χ1v) is 12.9. The number of nitrogens with one attached hydrogen (secondary N) is 1. The average Bonchev–Trinajstić information content (AvgIpc) is 3.26. The average molecular weight is 519 g/mol. The van der Waals surface area contributed by atoms with Crippen LogP contribution in [0.1, 0.15) is 52.1 Å². The Labute approximate surface area is 221 Å². The molecule has 2 aromatic heterocycles. The van der Waals surface area contributed by atoms with Gasteiger partial charge in [0.1, 0.15) is 11.4 Å². The van der Waals surface area contributed by atoms with Crippen LogP contribution in [0.15, 0.2) is 60.8 Å². The Bertz CT molecular complexity index is 1410. The number of benzene rings is 2. The molecular formula is C29H31FN4O2S. The number of anilines is 2. The van der Waals surface area contributed by atoms with Gasteiger partial charge in [-0.1, -0.05) is 51.1 Å². The molecule has 2 heterocycles. The van der Waals surface area contributed by atoms with Crippen LogP contribution in [0.3, 0.4) is 0 Å². The fraction of sp³-hybridized carbons (Fsp3) is 0.310. The highest BCUT2D eigenvalue weighted by molar-refractivity contribution is 7.15. The van der Waals surface area contributed by atoms with Crippen LogP contribution in [-0.4, -0.2) is 26.5 Å². The Hall–Kier alpha value is -3.65. The van der Waals surface area contributed by atoms with Crippen molar-refractivity contribution in [3.63, 3.8) is 0 Å². The van der Waals surface area contributed by atoms with Crippen molar-refractivity contribution in [1.29, 1.82) is 0 Å². The van der Waals surface area contributed by atoms with Gasteiger partial charge < -0.3 is 10.1 Å². The molecule has 0 saturated carbocycles. The summed E-state index contributed by atoms with van der Waals surface area (Å²) in [4.78, 5) is 27.1. The number of thiazole rings is 1. The van der Waals surface area contributed by atoms with Gasteiger partial charge in [0.2, 0.25) is 5.95 Å². The highest BCUT2D eigenvalue weighted by atomic mass is 32.1. The quantitative estimate of drug-likeness (QED) is 0.269. The number of ether oxygens (including phenoxy) is 1. The minimum Gasteiger partial charge on any atom is -0.460 e. The summed E-state index contributed by atoms with van der Waals surface area (Å²) in [7, 11) is 0. The second kappa shape index (κ2) is 10.4. The smallest absolute Gasteiger partial charge is 0.310 e. The molecule has 0 saturated heterocycles. The van der Waals surface area contributed by atoms with Crippen molar-refractivity contribution in [3.05, 3.63) is 77.2 Å². The van der Waals surface area contributed by atoms with Gasteiger partial charge in [0, 0.05) is 22.9 Å². The monoisotopic (exact) mass is 518 g/mol. The van der Waals surface area contributed by atoms with E-state index in [2.05, 4.69) is 31.1 Å². The van der Waals surface area contributed by atoms with Crippen LogP contribution in [0.4, 0.5) is 16.0 Å². The largest absolute Gasteiger partial charge is 0.460 e. The molecule has 37 heavy (non-hydrogen) atoms. The Morgan fingerprint density at radius 3 is 2.38 bits per heavy atom. The molecule has 0 amide bonds. The van der Waals surface area contributed by atoms with E-state index in [1.165, 1.54) is 11.3 Å².